The minimum Gasteiger partial charge on any atom is -0.494 e. The maximum Gasteiger partial charge on any atom is 0.257 e. The molecule has 1 atom stereocenters. The first kappa shape index (κ1) is 22.1. The topological polar surface area (TPSA) is 80.1 Å². The molecule has 0 radical (unpaired) electrons. The number of carbonyl (C=O) groups excluding carboxylic acids is 3. The van der Waals surface area contributed by atoms with Crippen molar-refractivity contribution in [2.45, 2.75) is 53.6 Å². The largest absolute Gasteiger partial charge is 0.494 e. The molecule has 0 spiro atoms. The van der Waals surface area contributed by atoms with E-state index in [1.54, 1.807) is 36.4 Å². The summed E-state index contributed by atoms with van der Waals surface area (Å²) in [6.07, 6.45) is 1.49. The molecule has 1 aliphatic carbocycles. The molecule has 2 heterocycles. The van der Waals surface area contributed by atoms with Gasteiger partial charge < -0.3 is 14.1 Å². The van der Waals surface area contributed by atoms with Gasteiger partial charge in [0.1, 0.15) is 17.6 Å². The number of carbonyl (C=O) groups is 3. The van der Waals surface area contributed by atoms with Crippen LogP contribution in [0.15, 0.2) is 47.1 Å². The van der Waals surface area contributed by atoms with Gasteiger partial charge in [0.25, 0.3) is 5.91 Å². The Morgan fingerprint density at radius 1 is 1.12 bits per heavy atom. The summed E-state index contributed by atoms with van der Waals surface area (Å²) >= 11 is 0. The van der Waals surface area contributed by atoms with Crippen LogP contribution in [-0.2, 0) is 20.9 Å². The highest BCUT2D eigenvalue weighted by Crippen LogP contribution is 2.69. The molecule has 170 valence electrons. The van der Waals surface area contributed by atoms with Crippen LogP contribution in [-0.4, -0.2) is 35.3 Å². The van der Waals surface area contributed by atoms with E-state index in [-0.39, 0.29) is 41.5 Å². The fourth-order valence-corrected chi connectivity index (χ4v) is 4.88. The first-order chi connectivity index (χ1) is 15.1. The zero-order chi connectivity index (χ0) is 23.3. The molecule has 0 N–H and O–H groups in total. The van der Waals surface area contributed by atoms with Crippen LogP contribution in [0.25, 0.3) is 0 Å². The predicted molar refractivity (Wildman–Crippen MR) is 119 cm³/mol. The number of hydrogen-bond donors (Lipinski definition) is 0. The standard InChI is InChI=1S/C25H30N2O5/c1-6-31-17-11-9-16(10-12-17)27-20(28)14-19(22(27)29)26(15-18-8-7-13-32-18)23(30)21-24(2,3)25(21,4)5/h7-13,19,21H,6,14-15H2,1-5H3. The first-order valence-corrected chi connectivity index (χ1v) is 11.0. The van der Waals surface area contributed by atoms with Crippen LogP contribution in [0.2, 0.25) is 0 Å². The van der Waals surface area contributed by atoms with E-state index in [9.17, 15) is 14.4 Å². The number of imide groups is 1. The molecule has 1 saturated carbocycles. The SMILES string of the molecule is CCOc1ccc(N2C(=O)CC(N(Cc3ccco3)C(=O)C3C(C)(C)C3(C)C)C2=O)cc1. The highest BCUT2D eigenvalue weighted by molar-refractivity contribution is 6.23. The Hall–Kier alpha value is -3.09. The minimum atomic E-state index is -0.862. The van der Waals surface area contributed by atoms with E-state index < -0.39 is 11.9 Å². The van der Waals surface area contributed by atoms with E-state index in [1.807, 2.05) is 6.92 Å². The van der Waals surface area contributed by atoms with Crippen molar-refractivity contribution >= 4 is 23.4 Å². The Balaban J connectivity index is 1.62. The molecule has 2 fully saturated rings. The quantitative estimate of drug-likeness (QED) is 0.610. The number of benzene rings is 1. The van der Waals surface area contributed by atoms with Gasteiger partial charge in [-0.1, -0.05) is 27.7 Å². The second-order valence-electron chi connectivity index (χ2n) is 9.64. The molecule has 0 bridgehead atoms. The zero-order valence-corrected chi connectivity index (χ0v) is 19.3. The lowest BCUT2D eigenvalue weighted by Gasteiger charge is -2.28. The van der Waals surface area contributed by atoms with Crippen molar-refractivity contribution in [1.82, 2.24) is 4.90 Å². The second kappa shape index (κ2) is 7.80. The molecule has 7 heteroatoms. The van der Waals surface area contributed by atoms with Gasteiger partial charge in [-0.3, -0.25) is 14.4 Å². The molecule has 4 rings (SSSR count). The van der Waals surface area contributed by atoms with Gasteiger partial charge in [0.15, 0.2) is 0 Å². The third-order valence-corrected chi connectivity index (χ3v) is 7.36. The average Bonchev–Trinajstić information content (AvgIpc) is 3.15. The number of furan rings is 1. The van der Waals surface area contributed by atoms with Crippen molar-refractivity contribution in [3.8, 4) is 5.75 Å². The van der Waals surface area contributed by atoms with Gasteiger partial charge in [-0.25, -0.2) is 4.90 Å². The van der Waals surface area contributed by atoms with Crippen molar-refractivity contribution in [2.24, 2.45) is 16.7 Å². The van der Waals surface area contributed by atoms with Crippen LogP contribution in [0.3, 0.4) is 0 Å². The fourth-order valence-electron chi connectivity index (χ4n) is 4.88. The van der Waals surface area contributed by atoms with Crippen LogP contribution in [0.4, 0.5) is 5.69 Å². The summed E-state index contributed by atoms with van der Waals surface area (Å²) in [4.78, 5) is 42.7. The minimum absolute atomic E-state index is 0.0495. The maximum atomic E-state index is 13.6. The van der Waals surface area contributed by atoms with Crippen molar-refractivity contribution in [3.63, 3.8) is 0 Å². The van der Waals surface area contributed by atoms with Crippen LogP contribution < -0.4 is 9.64 Å². The summed E-state index contributed by atoms with van der Waals surface area (Å²) in [6, 6.07) is 9.50. The number of ether oxygens (including phenoxy) is 1. The molecule has 2 aliphatic rings. The van der Waals surface area contributed by atoms with Crippen LogP contribution in [0.1, 0.15) is 46.8 Å². The molecule has 1 aliphatic heterocycles. The van der Waals surface area contributed by atoms with Crippen molar-refractivity contribution in [2.75, 3.05) is 11.5 Å². The Kier molecular flexibility index (Phi) is 5.39. The van der Waals surface area contributed by atoms with Crippen molar-refractivity contribution in [3.05, 3.63) is 48.4 Å². The lowest BCUT2D eigenvalue weighted by atomic mass is 10.0. The Morgan fingerprint density at radius 2 is 1.78 bits per heavy atom. The third kappa shape index (κ3) is 3.49. The average molecular weight is 439 g/mol. The smallest absolute Gasteiger partial charge is 0.257 e. The maximum absolute atomic E-state index is 13.6. The Bertz CT molecular complexity index is 1010. The lowest BCUT2D eigenvalue weighted by molar-refractivity contribution is -0.141. The number of hydrogen-bond acceptors (Lipinski definition) is 5. The van der Waals surface area contributed by atoms with E-state index in [2.05, 4.69) is 27.7 Å². The highest BCUT2D eigenvalue weighted by Gasteiger charge is 2.69. The van der Waals surface area contributed by atoms with Crippen molar-refractivity contribution in [1.29, 1.82) is 0 Å². The first-order valence-electron chi connectivity index (χ1n) is 11.0. The van der Waals surface area contributed by atoms with E-state index in [0.717, 1.165) is 0 Å². The van der Waals surface area contributed by atoms with E-state index in [4.69, 9.17) is 9.15 Å². The van der Waals surface area contributed by atoms with Crippen molar-refractivity contribution < 1.29 is 23.5 Å². The Labute approximate surface area is 188 Å². The number of amides is 3. The molecule has 3 amide bonds. The molecule has 2 aromatic rings. The van der Waals surface area contributed by atoms with E-state index in [0.29, 0.717) is 23.8 Å². The predicted octanol–water partition coefficient (Wildman–Crippen LogP) is 4.02. The second-order valence-corrected chi connectivity index (χ2v) is 9.64. The van der Waals surface area contributed by atoms with Gasteiger partial charge in [-0.2, -0.15) is 0 Å². The van der Waals surface area contributed by atoms with E-state index in [1.165, 1.54) is 16.1 Å². The summed E-state index contributed by atoms with van der Waals surface area (Å²) in [5.74, 6) is 0.184. The van der Waals surface area contributed by atoms with Crippen LogP contribution in [0.5, 0.6) is 5.75 Å². The zero-order valence-electron chi connectivity index (χ0n) is 19.3. The summed E-state index contributed by atoms with van der Waals surface area (Å²) in [5, 5.41) is 0. The Morgan fingerprint density at radius 3 is 2.31 bits per heavy atom. The molecule has 1 unspecified atom stereocenters. The monoisotopic (exact) mass is 438 g/mol. The van der Waals surface area contributed by atoms with Gasteiger partial charge in [0.05, 0.1) is 31.5 Å². The fraction of sp³-hybridized carbons (Fsp3) is 0.480. The molecular formula is C25H30N2O5. The number of nitrogens with zero attached hydrogens (tertiary/aromatic N) is 2. The van der Waals surface area contributed by atoms with Crippen LogP contribution in [0, 0.1) is 16.7 Å². The molecule has 1 aromatic heterocycles. The molecule has 1 aromatic carbocycles. The van der Waals surface area contributed by atoms with Gasteiger partial charge in [-0.05, 0) is 54.2 Å². The van der Waals surface area contributed by atoms with Gasteiger partial charge in [0.2, 0.25) is 11.8 Å². The van der Waals surface area contributed by atoms with Gasteiger partial charge >= 0.3 is 0 Å². The summed E-state index contributed by atoms with van der Waals surface area (Å²) in [6.45, 7) is 10.8. The van der Waals surface area contributed by atoms with Gasteiger partial charge in [-0.15, -0.1) is 0 Å². The lowest BCUT2D eigenvalue weighted by Crippen LogP contribution is -2.46. The summed E-state index contributed by atoms with van der Waals surface area (Å²) in [7, 11) is 0. The molecular weight excluding hydrogens is 408 g/mol. The van der Waals surface area contributed by atoms with Crippen LogP contribution >= 0.6 is 0 Å². The molecule has 7 nitrogen and oxygen atoms in total. The molecule has 32 heavy (non-hydrogen) atoms. The normalized spacial score (nSPS) is 21.7. The summed E-state index contributed by atoms with van der Waals surface area (Å²) in [5.41, 5.74) is 0.0983. The highest BCUT2D eigenvalue weighted by atomic mass is 16.5. The molecule has 1 saturated heterocycles. The number of anilines is 1. The van der Waals surface area contributed by atoms with Gasteiger partial charge in [0, 0.05) is 5.92 Å². The third-order valence-electron chi connectivity index (χ3n) is 7.36. The van der Waals surface area contributed by atoms with E-state index >= 15 is 0 Å². The summed E-state index contributed by atoms with van der Waals surface area (Å²) < 4.78 is 10.9. The number of rotatable bonds is 7.